The first-order valence-corrected chi connectivity index (χ1v) is 9.50. The third-order valence-corrected chi connectivity index (χ3v) is 5.03. The van der Waals surface area contributed by atoms with E-state index in [0.717, 1.165) is 39.5 Å². The van der Waals surface area contributed by atoms with Gasteiger partial charge in [0.25, 0.3) is 0 Å². The lowest BCUT2D eigenvalue weighted by Crippen LogP contribution is -2.31. The number of fused-ring (bicyclic) bond motifs is 1. The molecule has 3 aromatic carbocycles. The van der Waals surface area contributed by atoms with E-state index in [1.807, 2.05) is 83.8 Å². The molecule has 4 nitrogen and oxygen atoms in total. The van der Waals surface area contributed by atoms with Gasteiger partial charge in [-0.15, -0.1) is 0 Å². The predicted molar refractivity (Wildman–Crippen MR) is 118 cm³/mol. The molecule has 3 aromatic rings. The zero-order valence-electron chi connectivity index (χ0n) is 16.3. The molecule has 0 aromatic heterocycles. The van der Waals surface area contributed by atoms with Crippen molar-refractivity contribution in [3.8, 4) is 5.75 Å². The van der Waals surface area contributed by atoms with Crippen LogP contribution in [0.3, 0.4) is 0 Å². The van der Waals surface area contributed by atoms with Gasteiger partial charge >= 0.3 is 0 Å². The van der Waals surface area contributed by atoms with Crippen LogP contribution in [0.1, 0.15) is 23.1 Å². The fraction of sp³-hybridized carbons (Fsp3) is 0.120. The molecule has 0 atom stereocenters. The molecule has 0 fully saturated rings. The van der Waals surface area contributed by atoms with Crippen molar-refractivity contribution in [1.82, 2.24) is 0 Å². The number of hydrogen-bond donors (Lipinski definition) is 0. The summed E-state index contributed by atoms with van der Waals surface area (Å²) < 4.78 is 5.24. The standard InChI is InChI=1S/C25H22N2O2/c1-3-18-8-10-19(11-9-18)17-27-24-7-5-4-6-22(24)26-23(16-25(27)28)20-12-14-21(29-2)15-13-20/h3-15H,1,16-17H2,2H3. The van der Waals surface area contributed by atoms with Gasteiger partial charge in [-0.3, -0.25) is 9.79 Å². The number of aliphatic imine (C=N–C) groups is 1. The van der Waals surface area contributed by atoms with E-state index in [0.29, 0.717) is 6.54 Å². The van der Waals surface area contributed by atoms with Crippen LogP contribution >= 0.6 is 0 Å². The molecule has 1 aliphatic heterocycles. The molecule has 0 bridgehead atoms. The van der Waals surface area contributed by atoms with Crippen LogP contribution < -0.4 is 9.64 Å². The Morgan fingerprint density at radius 1 is 1.03 bits per heavy atom. The Hall–Kier alpha value is -3.66. The van der Waals surface area contributed by atoms with Crippen LogP contribution in [0.4, 0.5) is 11.4 Å². The van der Waals surface area contributed by atoms with Crippen molar-refractivity contribution in [3.63, 3.8) is 0 Å². The molecule has 4 heteroatoms. The van der Waals surface area contributed by atoms with Gasteiger partial charge in [0.15, 0.2) is 0 Å². The lowest BCUT2D eigenvalue weighted by Gasteiger charge is -2.22. The summed E-state index contributed by atoms with van der Waals surface area (Å²) in [6, 6.07) is 23.5. The number of hydrogen-bond acceptors (Lipinski definition) is 3. The topological polar surface area (TPSA) is 41.9 Å². The monoisotopic (exact) mass is 382 g/mol. The van der Waals surface area contributed by atoms with Crippen molar-refractivity contribution in [2.24, 2.45) is 4.99 Å². The van der Waals surface area contributed by atoms with Gasteiger partial charge in [0.1, 0.15) is 5.75 Å². The summed E-state index contributed by atoms with van der Waals surface area (Å²) in [6.45, 7) is 4.29. The van der Waals surface area contributed by atoms with Crippen molar-refractivity contribution in [1.29, 1.82) is 0 Å². The van der Waals surface area contributed by atoms with Crippen molar-refractivity contribution in [2.45, 2.75) is 13.0 Å². The number of benzene rings is 3. The minimum Gasteiger partial charge on any atom is -0.497 e. The summed E-state index contributed by atoms with van der Waals surface area (Å²) in [4.78, 5) is 19.9. The SMILES string of the molecule is C=Cc1ccc(CN2C(=O)CC(c3ccc(OC)cc3)=Nc3ccccc32)cc1. The van der Waals surface area contributed by atoms with E-state index in [9.17, 15) is 4.79 Å². The molecule has 0 radical (unpaired) electrons. The van der Waals surface area contributed by atoms with Gasteiger partial charge < -0.3 is 9.64 Å². The van der Waals surface area contributed by atoms with Crippen LogP contribution in [-0.2, 0) is 11.3 Å². The Kier molecular flexibility index (Phi) is 5.25. The van der Waals surface area contributed by atoms with Crippen molar-refractivity contribution < 1.29 is 9.53 Å². The van der Waals surface area contributed by atoms with Gasteiger partial charge in [-0.2, -0.15) is 0 Å². The molecule has 144 valence electrons. The Morgan fingerprint density at radius 3 is 2.45 bits per heavy atom. The van der Waals surface area contributed by atoms with Crippen LogP contribution in [-0.4, -0.2) is 18.7 Å². The third-order valence-electron chi connectivity index (χ3n) is 5.03. The van der Waals surface area contributed by atoms with Gasteiger partial charge in [0.2, 0.25) is 5.91 Å². The van der Waals surface area contributed by atoms with Crippen molar-refractivity contribution >= 4 is 29.1 Å². The molecule has 0 saturated heterocycles. The highest BCUT2D eigenvalue weighted by atomic mass is 16.5. The zero-order chi connectivity index (χ0) is 20.2. The highest BCUT2D eigenvalue weighted by Gasteiger charge is 2.25. The van der Waals surface area contributed by atoms with E-state index in [1.54, 1.807) is 7.11 Å². The summed E-state index contributed by atoms with van der Waals surface area (Å²) in [7, 11) is 1.64. The van der Waals surface area contributed by atoms with Crippen LogP contribution in [0, 0.1) is 0 Å². The van der Waals surface area contributed by atoms with Gasteiger partial charge in [-0.05, 0) is 53.1 Å². The average Bonchev–Trinajstić information content (AvgIpc) is 2.91. The van der Waals surface area contributed by atoms with Gasteiger partial charge in [-0.1, -0.05) is 49.1 Å². The molecule has 1 amide bonds. The molecule has 0 unspecified atom stereocenters. The number of ether oxygens (including phenoxy) is 1. The molecule has 1 aliphatic rings. The number of anilines is 1. The summed E-state index contributed by atoms with van der Waals surface area (Å²) in [5.41, 5.74) is 5.43. The summed E-state index contributed by atoms with van der Waals surface area (Å²) >= 11 is 0. The maximum atomic E-state index is 13.2. The maximum absolute atomic E-state index is 13.2. The molecular weight excluding hydrogens is 360 g/mol. The second-order valence-corrected chi connectivity index (χ2v) is 6.88. The second kappa shape index (κ2) is 8.15. The van der Waals surface area contributed by atoms with E-state index in [1.165, 1.54) is 0 Å². The van der Waals surface area contributed by atoms with Crippen LogP contribution in [0.2, 0.25) is 0 Å². The fourth-order valence-electron chi connectivity index (χ4n) is 3.41. The number of nitrogens with zero attached hydrogens (tertiary/aromatic N) is 2. The maximum Gasteiger partial charge on any atom is 0.233 e. The number of methoxy groups -OCH3 is 1. The highest BCUT2D eigenvalue weighted by molar-refractivity contribution is 6.17. The molecular formula is C25H22N2O2. The molecule has 0 saturated carbocycles. The molecule has 0 aliphatic carbocycles. The summed E-state index contributed by atoms with van der Waals surface area (Å²) in [6.07, 6.45) is 2.05. The lowest BCUT2D eigenvalue weighted by atomic mass is 10.1. The first-order chi connectivity index (χ1) is 14.2. The zero-order valence-corrected chi connectivity index (χ0v) is 16.3. The first-order valence-electron chi connectivity index (χ1n) is 9.50. The number of rotatable bonds is 5. The smallest absolute Gasteiger partial charge is 0.233 e. The molecule has 0 spiro atoms. The molecule has 1 heterocycles. The number of amides is 1. The second-order valence-electron chi connectivity index (χ2n) is 6.88. The van der Waals surface area contributed by atoms with E-state index in [4.69, 9.17) is 9.73 Å². The third kappa shape index (κ3) is 3.97. The first kappa shape index (κ1) is 18.7. The molecule has 29 heavy (non-hydrogen) atoms. The minimum atomic E-state index is 0.0253. The minimum absolute atomic E-state index is 0.0253. The van der Waals surface area contributed by atoms with Crippen molar-refractivity contribution in [2.75, 3.05) is 12.0 Å². The average molecular weight is 382 g/mol. The summed E-state index contributed by atoms with van der Waals surface area (Å²) in [5, 5.41) is 0. The number of carbonyl (C=O) groups is 1. The van der Waals surface area contributed by atoms with Crippen LogP contribution in [0.25, 0.3) is 6.08 Å². The van der Waals surface area contributed by atoms with E-state index >= 15 is 0 Å². The predicted octanol–water partition coefficient (Wildman–Crippen LogP) is 5.40. The lowest BCUT2D eigenvalue weighted by molar-refractivity contribution is -0.117. The van der Waals surface area contributed by atoms with Gasteiger partial charge in [-0.25, -0.2) is 0 Å². The van der Waals surface area contributed by atoms with Gasteiger partial charge in [0, 0.05) is 0 Å². The largest absolute Gasteiger partial charge is 0.497 e. The van der Waals surface area contributed by atoms with Gasteiger partial charge in [0.05, 0.1) is 37.2 Å². The quantitative estimate of drug-likeness (QED) is 0.593. The van der Waals surface area contributed by atoms with Crippen molar-refractivity contribution in [3.05, 3.63) is 96.1 Å². The van der Waals surface area contributed by atoms with E-state index < -0.39 is 0 Å². The van der Waals surface area contributed by atoms with Crippen LogP contribution in [0.15, 0.2) is 84.4 Å². The number of carbonyl (C=O) groups excluding carboxylic acids is 1. The normalized spacial score (nSPS) is 13.3. The highest BCUT2D eigenvalue weighted by Crippen LogP contribution is 2.34. The summed E-state index contributed by atoms with van der Waals surface area (Å²) in [5.74, 6) is 0.802. The van der Waals surface area contributed by atoms with E-state index in [2.05, 4.69) is 6.58 Å². The number of para-hydroxylation sites is 2. The molecule has 0 N–H and O–H groups in total. The molecule has 4 rings (SSSR count). The van der Waals surface area contributed by atoms with Crippen LogP contribution in [0.5, 0.6) is 5.75 Å². The Balaban J connectivity index is 1.68. The Labute approximate surface area is 170 Å². The fourth-order valence-corrected chi connectivity index (χ4v) is 3.41. The Bertz CT molecular complexity index is 1070. The Morgan fingerprint density at radius 2 is 1.76 bits per heavy atom. The van der Waals surface area contributed by atoms with E-state index in [-0.39, 0.29) is 12.3 Å².